The molecule has 0 radical (unpaired) electrons. The smallest absolute Gasteiger partial charge is 0.0269 e. The summed E-state index contributed by atoms with van der Waals surface area (Å²) in [4.78, 5) is 2.39. The molecule has 0 aliphatic carbocycles. The second-order valence-corrected chi connectivity index (χ2v) is 3.40. The lowest BCUT2D eigenvalue weighted by Crippen LogP contribution is -2.40. The molecule has 2 unspecified atom stereocenters. The Bertz CT molecular complexity index is 163. The highest BCUT2D eigenvalue weighted by molar-refractivity contribution is 5.10. The van der Waals surface area contributed by atoms with Gasteiger partial charge in [-0.3, -0.25) is 4.90 Å². The van der Waals surface area contributed by atoms with E-state index in [1.54, 1.807) is 0 Å². The molecule has 64 valence electrons. The van der Waals surface area contributed by atoms with Gasteiger partial charge in [0.1, 0.15) is 0 Å². The summed E-state index contributed by atoms with van der Waals surface area (Å²) in [5.41, 5.74) is 1.38. The lowest BCUT2D eigenvalue weighted by molar-refractivity contribution is 0.208. The Hall–Kier alpha value is -0.500. The maximum Gasteiger partial charge on any atom is 0.0269 e. The fraction of sp³-hybridized carbons (Fsp3) is 0.778. The average Bonchev–Trinajstić information content (AvgIpc) is 1.99. The lowest BCUT2D eigenvalue weighted by Gasteiger charge is -2.34. The summed E-state index contributed by atoms with van der Waals surface area (Å²) in [6.45, 7) is 4.49. The summed E-state index contributed by atoms with van der Waals surface area (Å²) in [6, 6.07) is 1.23. The number of hydrogen-bond acceptors (Lipinski definition) is 2. The lowest BCUT2D eigenvalue weighted by atomic mass is 10.0. The van der Waals surface area contributed by atoms with Crippen molar-refractivity contribution >= 4 is 0 Å². The van der Waals surface area contributed by atoms with Gasteiger partial charge in [0, 0.05) is 31.2 Å². The van der Waals surface area contributed by atoms with E-state index in [0.29, 0.717) is 12.1 Å². The minimum absolute atomic E-state index is 0.571. The van der Waals surface area contributed by atoms with Crippen LogP contribution in [-0.4, -0.2) is 31.1 Å². The van der Waals surface area contributed by atoms with Crippen LogP contribution in [-0.2, 0) is 0 Å². The van der Waals surface area contributed by atoms with Crippen LogP contribution in [0.1, 0.15) is 20.3 Å². The van der Waals surface area contributed by atoms with Crippen LogP contribution < -0.4 is 5.32 Å². The van der Waals surface area contributed by atoms with Crippen LogP contribution in [0.25, 0.3) is 0 Å². The highest BCUT2D eigenvalue weighted by Crippen LogP contribution is 2.17. The molecule has 0 fully saturated rings. The van der Waals surface area contributed by atoms with Crippen LogP contribution >= 0.6 is 0 Å². The predicted molar refractivity (Wildman–Crippen MR) is 48.4 cm³/mol. The summed E-state index contributed by atoms with van der Waals surface area (Å²) < 4.78 is 0. The molecular weight excluding hydrogens is 136 g/mol. The maximum atomic E-state index is 3.22. The molecule has 0 saturated heterocycles. The quantitative estimate of drug-likeness (QED) is 0.610. The van der Waals surface area contributed by atoms with Crippen LogP contribution in [0.2, 0.25) is 0 Å². The third kappa shape index (κ3) is 1.74. The van der Waals surface area contributed by atoms with Crippen molar-refractivity contribution in [2.75, 3.05) is 14.1 Å². The third-order valence-electron chi connectivity index (χ3n) is 2.62. The first-order valence-corrected chi connectivity index (χ1v) is 4.25. The Kier molecular flexibility index (Phi) is 2.55. The van der Waals surface area contributed by atoms with Gasteiger partial charge in [-0.05, 0) is 27.0 Å². The van der Waals surface area contributed by atoms with Gasteiger partial charge in [-0.25, -0.2) is 0 Å². The maximum absolute atomic E-state index is 3.22. The van der Waals surface area contributed by atoms with E-state index in [1.807, 2.05) is 7.05 Å². The molecule has 1 aliphatic rings. The molecule has 1 aliphatic heterocycles. The molecule has 11 heavy (non-hydrogen) atoms. The highest BCUT2D eigenvalue weighted by atomic mass is 15.2. The molecule has 1 heterocycles. The second-order valence-electron chi connectivity index (χ2n) is 3.40. The first-order valence-electron chi connectivity index (χ1n) is 4.25. The Morgan fingerprint density at radius 3 is 2.64 bits per heavy atom. The molecule has 1 rings (SSSR count). The summed E-state index contributed by atoms with van der Waals surface area (Å²) in [5, 5.41) is 3.22. The molecule has 2 nitrogen and oxygen atoms in total. The molecule has 0 aromatic carbocycles. The molecular formula is C9H18N2. The Morgan fingerprint density at radius 1 is 1.55 bits per heavy atom. The van der Waals surface area contributed by atoms with E-state index in [4.69, 9.17) is 0 Å². The zero-order valence-corrected chi connectivity index (χ0v) is 7.89. The molecule has 0 bridgehead atoms. The average molecular weight is 154 g/mol. The van der Waals surface area contributed by atoms with E-state index < -0.39 is 0 Å². The van der Waals surface area contributed by atoms with Crippen molar-refractivity contribution in [2.45, 2.75) is 32.4 Å². The van der Waals surface area contributed by atoms with Crippen LogP contribution in [0.3, 0.4) is 0 Å². The Morgan fingerprint density at radius 2 is 2.18 bits per heavy atom. The first kappa shape index (κ1) is 8.60. The largest absolute Gasteiger partial charge is 0.392 e. The summed E-state index contributed by atoms with van der Waals surface area (Å²) in [6.07, 6.45) is 3.44. The van der Waals surface area contributed by atoms with Gasteiger partial charge >= 0.3 is 0 Å². The number of nitrogens with zero attached hydrogens (tertiary/aromatic N) is 1. The molecule has 0 saturated carbocycles. The van der Waals surface area contributed by atoms with E-state index >= 15 is 0 Å². The SMILES string of the molecule is CNC1=CC(C)N(C)C(C)C1. The molecule has 0 amide bonds. The van der Waals surface area contributed by atoms with E-state index in [1.165, 1.54) is 5.70 Å². The molecule has 1 N–H and O–H groups in total. The van der Waals surface area contributed by atoms with Crippen molar-refractivity contribution < 1.29 is 0 Å². The number of rotatable bonds is 1. The Labute approximate surface area is 69.3 Å². The van der Waals surface area contributed by atoms with E-state index in [-0.39, 0.29) is 0 Å². The van der Waals surface area contributed by atoms with Crippen LogP contribution in [0.15, 0.2) is 11.8 Å². The third-order valence-corrected chi connectivity index (χ3v) is 2.62. The van der Waals surface area contributed by atoms with Crippen molar-refractivity contribution in [3.8, 4) is 0 Å². The fourth-order valence-electron chi connectivity index (χ4n) is 1.53. The van der Waals surface area contributed by atoms with Crippen LogP contribution in [0.4, 0.5) is 0 Å². The van der Waals surface area contributed by atoms with E-state index in [2.05, 4.69) is 37.2 Å². The Balaban J connectivity index is 2.68. The van der Waals surface area contributed by atoms with E-state index in [0.717, 1.165) is 6.42 Å². The van der Waals surface area contributed by atoms with Gasteiger partial charge in [0.2, 0.25) is 0 Å². The normalized spacial score (nSPS) is 33.3. The van der Waals surface area contributed by atoms with Gasteiger partial charge in [-0.15, -0.1) is 0 Å². The predicted octanol–water partition coefficient (Wildman–Crippen LogP) is 1.20. The fourth-order valence-corrected chi connectivity index (χ4v) is 1.53. The van der Waals surface area contributed by atoms with Gasteiger partial charge in [-0.1, -0.05) is 0 Å². The summed E-state index contributed by atoms with van der Waals surface area (Å²) in [5.74, 6) is 0. The summed E-state index contributed by atoms with van der Waals surface area (Å²) in [7, 11) is 4.18. The minimum Gasteiger partial charge on any atom is -0.392 e. The zero-order chi connectivity index (χ0) is 8.43. The van der Waals surface area contributed by atoms with Crippen LogP contribution in [0.5, 0.6) is 0 Å². The van der Waals surface area contributed by atoms with Crippen molar-refractivity contribution in [1.82, 2.24) is 10.2 Å². The van der Waals surface area contributed by atoms with Crippen molar-refractivity contribution in [3.63, 3.8) is 0 Å². The molecule has 2 atom stereocenters. The van der Waals surface area contributed by atoms with Gasteiger partial charge in [-0.2, -0.15) is 0 Å². The molecule has 0 aromatic rings. The van der Waals surface area contributed by atoms with Gasteiger partial charge in [0.05, 0.1) is 0 Å². The minimum atomic E-state index is 0.571. The molecule has 0 aromatic heterocycles. The van der Waals surface area contributed by atoms with Gasteiger partial charge < -0.3 is 5.32 Å². The van der Waals surface area contributed by atoms with Crippen molar-refractivity contribution in [2.24, 2.45) is 0 Å². The summed E-state index contributed by atoms with van der Waals surface area (Å²) >= 11 is 0. The van der Waals surface area contributed by atoms with Gasteiger partial charge in [0.15, 0.2) is 0 Å². The van der Waals surface area contributed by atoms with Crippen LogP contribution in [0, 0.1) is 0 Å². The van der Waals surface area contributed by atoms with Crippen molar-refractivity contribution in [3.05, 3.63) is 11.8 Å². The standard InChI is InChI=1S/C9H18N2/c1-7-5-9(10-3)6-8(2)11(7)4/h5,7-8,10H,6H2,1-4H3. The van der Waals surface area contributed by atoms with Crippen molar-refractivity contribution in [1.29, 1.82) is 0 Å². The van der Waals surface area contributed by atoms with E-state index in [9.17, 15) is 0 Å². The topological polar surface area (TPSA) is 15.3 Å². The number of likely N-dealkylation sites (N-methyl/N-ethyl adjacent to an activating group) is 1. The zero-order valence-electron chi connectivity index (χ0n) is 7.89. The molecule has 0 spiro atoms. The monoisotopic (exact) mass is 154 g/mol. The highest BCUT2D eigenvalue weighted by Gasteiger charge is 2.20. The van der Waals surface area contributed by atoms with Gasteiger partial charge in [0.25, 0.3) is 0 Å². The number of hydrogen-bond donors (Lipinski definition) is 1. The number of nitrogens with one attached hydrogen (secondary N) is 1. The second kappa shape index (κ2) is 3.26. The first-order chi connectivity index (χ1) is 5.15. The molecule has 2 heteroatoms.